The predicted molar refractivity (Wildman–Crippen MR) is 56.5 cm³/mol. The van der Waals surface area contributed by atoms with E-state index in [2.05, 4.69) is 18.2 Å². The smallest absolute Gasteiger partial charge is 0.0950 e. The van der Waals surface area contributed by atoms with Crippen molar-refractivity contribution in [3.8, 4) is 6.07 Å². The summed E-state index contributed by atoms with van der Waals surface area (Å²) in [7, 11) is 0. The first-order valence-corrected chi connectivity index (χ1v) is 5.19. The van der Waals surface area contributed by atoms with E-state index in [9.17, 15) is 0 Å². The van der Waals surface area contributed by atoms with E-state index in [4.69, 9.17) is 10.4 Å². The van der Waals surface area contributed by atoms with Gasteiger partial charge in [0.05, 0.1) is 12.2 Å². The lowest BCUT2D eigenvalue weighted by atomic mass is 9.89. The fourth-order valence-corrected chi connectivity index (χ4v) is 1.65. The molecular weight excluding hydrogens is 174 g/mol. The summed E-state index contributed by atoms with van der Waals surface area (Å²) < 4.78 is 0. The maximum Gasteiger partial charge on any atom is 0.0950 e. The Morgan fingerprint density at radius 1 is 1.79 bits per heavy atom. The molecule has 0 amide bonds. The zero-order valence-electron chi connectivity index (χ0n) is 8.61. The number of rotatable bonds is 3. The van der Waals surface area contributed by atoms with Crippen molar-refractivity contribution in [1.29, 1.82) is 5.26 Å². The Balaban J connectivity index is 2.61. The van der Waals surface area contributed by atoms with Gasteiger partial charge in [-0.25, -0.2) is 0 Å². The predicted octanol–water partition coefficient (Wildman–Crippen LogP) is 2.56. The molecule has 76 valence electrons. The van der Waals surface area contributed by atoms with Gasteiger partial charge < -0.3 is 5.11 Å². The van der Waals surface area contributed by atoms with Gasteiger partial charge >= 0.3 is 0 Å². The first-order valence-electron chi connectivity index (χ1n) is 5.19. The monoisotopic (exact) mass is 191 g/mol. The van der Waals surface area contributed by atoms with Crippen LogP contribution in [0.3, 0.4) is 0 Å². The molecule has 1 N–H and O–H groups in total. The van der Waals surface area contributed by atoms with Crippen LogP contribution in [-0.4, -0.2) is 11.2 Å². The third-order valence-corrected chi connectivity index (χ3v) is 2.46. The van der Waals surface area contributed by atoms with Crippen LogP contribution < -0.4 is 0 Å². The molecule has 0 bridgehead atoms. The first kappa shape index (κ1) is 11.0. The third kappa shape index (κ3) is 3.35. The van der Waals surface area contributed by atoms with Gasteiger partial charge in [-0.2, -0.15) is 5.26 Å². The van der Waals surface area contributed by atoms with Gasteiger partial charge in [-0.15, -0.1) is 0 Å². The van der Waals surface area contributed by atoms with Crippen LogP contribution in [0.2, 0.25) is 0 Å². The molecule has 0 spiro atoms. The Kier molecular flexibility index (Phi) is 4.42. The normalized spacial score (nSPS) is 24.4. The standard InChI is InChI=1S/C12H17NO/c1-10(14)7-8-12(9-13)11-5-3-2-4-6-11/h3,5,8,10-11,14H,2,4,6-7H2,1H3/b12-8+/t10?,11-/m1/s1. The molecule has 0 saturated heterocycles. The Bertz CT molecular complexity index is 271. The topological polar surface area (TPSA) is 44.0 Å². The lowest BCUT2D eigenvalue weighted by molar-refractivity contribution is 0.198. The fourth-order valence-electron chi connectivity index (χ4n) is 1.65. The highest BCUT2D eigenvalue weighted by Crippen LogP contribution is 2.24. The van der Waals surface area contributed by atoms with Crippen LogP contribution in [0.1, 0.15) is 32.6 Å². The minimum atomic E-state index is -0.356. The van der Waals surface area contributed by atoms with Gasteiger partial charge in [0.2, 0.25) is 0 Å². The van der Waals surface area contributed by atoms with E-state index in [1.807, 2.05) is 6.08 Å². The molecule has 0 fully saturated rings. The van der Waals surface area contributed by atoms with Crippen molar-refractivity contribution in [1.82, 2.24) is 0 Å². The van der Waals surface area contributed by atoms with Gasteiger partial charge in [0.15, 0.2) is 0 Å². The molecule has 0 aliphatic heterocycles. The molecule has 0 aromatic rings. The number of nitrogens with zero attached hydrogens (tertiary/aromatic N) is 1. The van der Waals surface area contributed by atoms with E-state index in [1.165, 1.54) is 0 Å². The summed E-state index contributed by atoms with van der Waals surface area (Å²) in [5.74, 6) is 0.285. The van der Waals surface area contributed by atoms with Crippen molar-refractivity contribution in [2.75, 3.05) is 0 Å². The fraction of sp³-hybridized carbons (Fsp3) is 0.583. The van der Waals surface area contributed by atoms with Crippen LogP contribution in [0.4, 0.5) is 0 Å². The molecule has 0 radical (unpaired) electrons. The summed E-state index contributed by atoms with van der Waals surface area (Å²) in [6.45, 7) is 1.74. The van der Waals surface area contributed by atoms with Crippen LogP contribution >= 0.6 is 0 Å². The number of aliphatic hydroxyl groups excluding tert-OH is 1. The van der Waals surface area contributed by atoms with Crippen molar-refractivity contribution in [3.63, 3.8) is 0 Å². The highest BCUT2D eigenvalue weighted by atomic mass is 16.3. The molecule has 2 atom stereocenters. The first-order chi connectivity index (χ1) is 6.74. The zero-order chi connectivity index (χ0) is 10.4. The second-order valence-electron chi connectivity index (χ2n) is 3.82. The number of hydrogen-bond donors (Lipinski definition) is 1. The van der Waals surface area contributed by atoms with Gasteiger partial charge in [0.1, 0.15) is 0 Å². The van der Waals surface area contributed by atoms with Crippen molar-refractivity contribution in [3.05, 3.63) is 23.8 Å². The van der Waals surface area contributed by atoms with Gasteiger partial charge in [-0.3, -0.25) is 0 Å². The Hall–Kier alpha value is -1.07. The average Bonchev–Trinajstić information content (AvgIpc) is 2.20. The van der Waals surface area contributed by atoms with E-state index < -0.39 is 0 Å². The van der Waals surface area contributed by atoms with Gasteiger partial charge in [-0.1, -0.05) is 18.2 Å². The summed E-state index contributed by atoms with van der Waals surface area (Å²) in [6.07, 6.45) is 9.70. The summed E-state index contributed by atoms with van der Waals surface area (Å²) in [4.78, 5) is 0. The second-order valence-corrected chi connectivity index (χ2v) is 3.82. The van der Waals surface area contributed by atoms with E-state index in [0.29, 0.717) is 6.42 Å². The quantitative estimate of drug-likeness (QED) is 0.550. The third-order valence-electron chi connectivity index (χ3n) is 2.46. The van der Waals surface area contributed by atoms with Crippen LogP contribution in [-0.2, 0) is 0 Å². The van der Waals surface area contributed by atoms with Crippen molar-refractivity contribution < 1.29 is 5.11 Å². The number of nitriles is 1. The van der Waals surface area contributed by atoms with E-state index >= 15 is 0 Å². The van der Waals surface area contributed by atoms with Crippen LogP contribution in [0.5, 0.6) is 0 Å². The van der Waals surface area contributed by atoms with Crippen LogP contribution in [0.15, 0.2) is 23.8 Å². The zero-order valence-corrected chi connectivity index (χ0v) is 8.61. The Morgan fingerprint density at radius 2 is 2.57 bits per heavy atom. The molecule has 1 aliphatic rings. The molecule has 2 heteroatoms. The average molecular weight is 191 g/mol. The highest BCUT2D eigenvalue weighted by Gasteiger charge is 2.13. The molecule has 1 rings (SSSR count). The van der Waals surface area contributed by atoms with Crippen LogP contribution in [0, 0.1) is 17.2 Å². The van der Waals surface area contributed by atoms with E-state index in [1.54, 1.807) is 6.92 Å². The molecule has 1 unspecified atom stereocenters. The number of allylic oxidation sites excluding steroid dienone is 3. The molecule has 0 aromatic heterocycles. The number of aliphatic hydroxyl groups is 1. The molecule has 14 heavy (non-hydrogen) atoms. The summed E-state index contributed by atoms with van der Waals surface area (Å²) in [5.41, 5.74) is 0.807. The maximum atomic E-state index is 9.12. The van der Waals surface area contributed by atoms with Crippen molar-refractivity contribution >= 4 is 0 Å². The maximum absolute atomic E-state index is 9.12. The number of hydrogen-bond acceptors (Lipinski definition) is 2. The molecule has 2 nitrogen and oxygen atoms in total. The van der Waals surface area contributed by atoms with Gasteiger partial charge in [0.25, 0.3) is 0 Å². The van der Waals surface area contributed by atoms with E-state index in [-0.39, 0.29) is 12.0 Å². The van der Waals surface area contributed by atoms with Crippen molar-refractivity contribution in [2.24, 2.45) is 5.92 Å². The Labute approximate surface area is 85.6 Å². The molecule has 0 aromatic carbocycles. The van der Waals surface area contributed by atoms with E-state index in [0.717, 1.165) is 24.8 Å². The molecular formula is C12H17NO. The molecule has 1 aliphatic carbocycles. The second kappa shape index (κ2) is 5.62. The van der Waals surface area contributed by atoms with Crippen molar-refractivity contribution in [2.45, 2.75) is 38.7 Å². The van der Waals surface area contributed by atoms with Gasteiger partial charge in [0, 0.05) is 11.5 Å². The lowest BCUT2D eigenvalue weighted by Gasteiger charge is -2.15. The summed E-state index contributed by atoms with van der Waals surface area (Å²) in [6, 6.07) is 2.23. The molecule has 0 saturated carbocycles. The largest absolute Gasteiger partial charge is 0.393 e. The lowest BCUT2D eigenvalue weighted by Crippen LogP contribution is -2.05. The Morgan fingerprint density at radius 3 is 3.07 bits per heavy atom. The van der Waals surface area contributed by atoms with Gasteiger partial charge in [-0.05, 0) is 32.6 Å². The SMILES string of the molecule is CC(O)C/C=C(\C#N)[C@@H]1C=CCCC1. The minimum absolute atomic E-state index is 0.285. The highest BCUT2D eigenvalue weighted by molar-refractivity contribution is 5.28. The van der Waals surface area contributed by atoms with Crippen LogP contribution in [0.25, 0.3) is 0 Å². The molecule has 0 heterocycles. The minimum Gasteiger partial charge on any atom is -0.393 e. The summed E-state index contributed by atoms with van der Waals surface area (Å²) >= 11 is 0. The summed E-state index contributed by atoms with van der Waals surface area (Å²) in [5, 5.41) is 18.1.